The molecule has 0 saturated heterocycles. The maximum absolute atomic E-state index is 14.0. The second-order valence-electron chi connectivity index (χ2n) is 8.63. The molecule has 0 aliphatic heterocycles. The van der Waals surface area contributed by atoms with Crippen LogP contribution in [0.5, 0.6) is 0 Å². The summed E-state index contributed by atoms with van der Waals surface area (Å²) in [4.78, 5) is 43.7. The van der Waals surface area contributed by atoms with Gasteiger partial charge in [0, 0.05) is 28.5 Å². The van der Waals surface area contributed by atoms with Gasteiger partial charge in [-0.05, 0) is 66.6 Å². The van der Waals surface area contributed by atoms with Crippen LogP contribution in [-0.2, 0) is 9.59 Å². The minimum absolute atomic E-state index is 0.0376. The summed E-state index contributed by atoms with van der Waals surface area (Å²) in [6.07, 6.45) is 5.24. The van der Waals surface area contributed by atoms with Gasteiger partial charge in [-0.1, -0.05) is 49.4 Å². The molecule has 0 saturated carbocycles. The minimum atomic E-state index is -0.528. The lowest BCUT2D eigenvalue weighted by Gasteiger charge is -2.16. The fourth-order valence-corrected chi connectivity index (χ4v) is 4.69. The predicted molar refractivity (Wildman–Crippen MR) is 156 cm³/mol. The van der Waals surface area contributed by atoms with Crippen LogP contribution >= 0.6 is 11.8 Å². The van der Waals surface area contributed by atoms with Gasteiger partial charge in [0.05, 0.1) is 10.9 Å². The van der Waals surface area contributed by atoms with E-state index in [0.717, 1.165) is 4.90 Å². The highest BCUT2D eigenvalue weighted by atomic mass is 32.2. The van der Waals surface area contributed by atoms with Gasteiger partial charge >= 0.3 is 0 Å². The SMILES string of the molecule is CCC(Sc1cccc(NC(=O)/C(=C/c2cccnc2)NC(=O)c2ccccc2)c1)C(=O)Nc1ccccc1F. The molecule has 9 heteroatoms. The lowest BCUT2D eigenvalue weighted by molar-refractivity contribution is -0.116. The van der Waals surface area contributed by atoms with Crippen molar-refractivity contribution in [3.8, 4) is 0 Å². The number of para-hydroxylation sites is 1. The number of halogens is 1. The number of pyridine rings is 1. The Balaban J connectivity index is 1.49. The molecule has 1 unspecified atom stereocenters. The molecule has 1 atom stereocenters. The van der Waals surface area contributed by atoms with E-state index in [1.807, 2.05) is 13.0 Å². The van der Waals surface area contributed by atoms with Crippen LogP contribution < -0.4 is 16.0 Å². The van der Waals surface area contributed by atoms with E-state index in [-0.39, 0.29) is 17.3 Å². The van der Waals surface area contributed by atoms with Crippen molar-refractivity contribution in [3.05, 3.63) is 126 Å². The molecule has 0 bridgehead atoms. The highest BCUT2D eigenvalue weighted by molar-refractivity contribution is 8.00. The van der Waals surface area contributed by atoms with Crippen molar-refractivity contribution in [1.82, 2.24) is 10.3 Å². The van der Waals surface area contributed by atoms with Gasteiger partial charge in [-0.2, -0.15) is 0 Å². The van der Waals surface area contributed by atoms with E-state index in [4.69, 9.17) is 0 Å². The third-order valence-electron chi connectivity index (χ3n) is 5.69. The number of aromatic nitrogens is 1. The Bertz CT molecular complexity index is 1510. The van der Waals surface area contributed by atoms with Crippen LogP contribution in [-0.4, -0.2) is 28.0 Å². The summed E-state index contributed by atoms with van der Waals surface area (Å²) >= 11 is 1.30. The van der Waals surface area contributed by atoms with Gasteiger partial charge < -0.3 is 16.0 Å². The molecule has 0 aliphatic carbocycles. The summed E-state index contributed by atoms with van der Waals surface area (Å²) in [5, 5.41) is 7.67. The second-order valence-corrected chi connectivity index (χ2v) is 9.91. The maximum Gasteiger partial charge on any atom is 0.272 e. The van der Waals surface area contributed by atoms with Gasteiger partial charge in [0.15, 0.2) is 0 Å². The molecule has 1 aromatic heterocycles. The van der Waals surface area contributed by atoms with Crippen LogP contribution in [0.1, 0.15) is 29.3 Å². The van der Waals surface area contributed by atoms with Crippen molar-refractivity contribution in [2.45, 2.75) is 23.5 Å². The zero-order chi connectivity index (χ0) is 28.3. The summed E-state index contributed by atoms with van der Waals surface area (Å²) < 4.78 is 14.0. The van der Waals surface area contributed by atoms with E-state index in [2.05, 4.69) is 20.9 Å². The average molecular weight is 555 g/mol. The van der Waals surface area contributed by atoms with Crippen molar-refractivity contribution in [1.29, 1.82) is 0 Å². The predicted octanol–water partition coefficient (Wildman–Crippen LogP) is 6.14. The van der Waals surface area contributed by atoms with Gasteiger partial charge in [-0.3, -0.25) is 19.4 Å². The Hall–Kier alpha value is -4.76. The van der Waals surface area contributed by atoms with Crippen LogP contribution in [0.2, 0.25) is 0 Å². The van der Waals surface area contributed by atoms with Gasteiger partial charge in [-0.15, -0.1) is 11.8 Å². The number of rotatable bonds is 10. The molecule has 4 rings (SSSR count). The number of hydrogen-bond donors (Lipinski definition) is 3. The van der Waals surface area contributed by atoms with Crippen LogP contribution in [0.25, 0.3) is 6.08 Å². The maximum atomic E-state index is 14.0. The fraction of sp³-hybridized carbons (Fsp3) is 0.0968. The van der Waals surface area contributed by atoms with Crippen LogP contribution in [0.15, 0.2) is 114 Å². The average Bonchev–Trinajstić information content (AvgIpc) is 2.98. The molecular weight excluding hydrogens is 527 g/mol. The first-order valence-electron chi connectivity index (χ1n) is 12.5. The number of thioether (sulfide) groups is 1. The highest BCUT2D eigenvalue weighted by Gasteiger charge is 2.20. The molecule has 40 heavy (non-hydrogen) atoms. The molecule has 7 nitrogen and oxygen atoms in total. The van der Waals surface area contributed by atoms with Crippen molar-refractivity contribution in [2.75, 3.05) is 10.6 Å². The summed E-state index contributed by atoms with van der Waals surface area (Å²) in [6, 6.07) is 25.1. The molecule has 0 aliphatic rings. The fourth-order valence-electron chi connectivity index (χ4n) is 3.68. The van der Waals surface area contributed by atoms with Gasteiger partial charge in [0.25, 0.3) is 11.8 Å². The first-order valence-corrected chi connectivity index (χ1v) is 13.4. The number of carbonyl (C=O) groups excluding carboxylic acids is 3. The number of anilines is 2. The third kappa shape index (κ3) is 7.87. The van der Waals surface area contributed by atoms with E-state index in [0.29, 0.717) is 23.2 Å². The number of nitrogens with zero attached hydrogens (tertiary/aromatic N) is 1. The Labute approximate surface area is 235 Å². The quantitative estimate of drug-likeness (QED) is 0.162. The summed E-state index contributed by atoms with van der Waals surface area (Å²) in [5.41, 5.74) is 1.68. The molecule has 0 spiro atoms. The molecule has 1 heterocycles. The van der Waals surface area contributed by atoms with Crippen molar-refractivity contribution >= 4 is 46.9 Å². The molecule has 3 aromatic carbocycles. The Kier molecular flexibility index (Phi) is 9.79. The summed E-state index contributed by atoms with van der Waals surface area (Å²) in [7, 11) is 0. The largest absolute Gasteiger partial charge is 0.323 e. The molecule has 0 fully saturated rings. The third-order valence-corrected chi connectivity index (χ3v) is 7.05. The second kappa shape index (κ2) is 13.9. The summed E-state index contributed by atoms with van der Waals surface area (Å²) in [5.74, 6) is -1.78. The van der Waals surface area contributed by atoms with E-state index >= 15 is 0 Å². The van der Waals surface area contributed by atoms with E-state index in [1.165, 1.54) is 23.9 Å². The molecule has 4 aromatic rings. The normalized spacial score (nSPS) is 11.8. The number of benzene rings is 3. The van der Waals surface area contributed by atoms with E-state index in [1.54, 1.807) is 91.3 Å². The monoisotopic (exact) mass is 554 g/mol. The lowest BCUT2D eigenvalue weighted by atomic mass is 10.2. The first kappa shape index (κ1) is 28.3. The van der Waals surface area contributed by atoms with Crippen molar-refractivity contribution < 1.29 is 18.8 Å². The zero-order valence-corrected chi connectivity index (χ0v) is 22.5. The molecule has 202 valence electrons. The Morgan fingerprint density at radius 1 is 0.925 bits per heavy atom. The van der Waals surface area contributed by atoms with Gasteiger partial charge in [-0.25, -0.2) is 4.39 Å². The minimum Gasteiger partial charge on any atom is -0.323 e. The van der Waals surface area contributed by atoms with E-state index in [9.17, 15) is 18.8 Å². The standard InChI is InChI=1S/C31H27FN4O3S/c1-2-28(31(39)35-26-16-7-6-15-25(26)32)40-24-14-8-13-23(19-24)34-30(38)27(18-21-10-9-17-33-20-21)36-29(37)22-11-4-3-5-12-22/h3-20,28H,2H2,1H3,(H,34,38)(H,35,39)(H,36,37)/b27-18-. The van der Waals surface area contributed by atoms with Crippen LogP contribution in [0.4, 0.5) is 15.8 Å². The molecule has 0 radical (unpaired) electrons. The smallest absolute Gasteiger partial charge is 0.272 e. The Morgan fingerprint density at radius 2 is 1.70 bits per heavy atom. The van der Waals surface area contributed by atoms with Gasteiger partial charge in [0.2, 0.25) is 5.91 Å². The zero-order valence-electron chi connectivity index (χ0n) is 21.6. The van der Waals surface area contributed by atoms with Gasteiger partial charge in [0.1, 0.15) is 11.5 Å². The number of carbonyl (C=O) groups is 3. The molecule has 3 N–H and O–H groups in total. The number of hydrogen-bond acceptors (Lipinski definition) is 5. The van der Waals surface area contributed by atoms with Crippen molar-refractivity contribution in [2.24, 2.45) is 0 Å². The van der Waals surface area contributed by atoms with E-state index < -0.39 is 22.9 Å². The lowest BCUT2D eigenvalue weighted by Crippen LogP contribution is -2.30. The Morgan fingerprint density at radius 3 is 2.42 bits per heavy atom. The highest BCUT2D eigenvalue weighted by Crippen LogP contribution is 2.29. The van der Waals surface area contributed by atoms with Crippen molar-refractivity contribution in [3.63, 3.8) is 0 Å². The molecular formula is C31H27FN4O3S. The number of nitrogens with one attached hydrogen (secondary N) is 3. The number of amides is 3. The summed E-state index contributed by atoms with van der Waals surface area (Å²) in [6.45, 7) is 1.87. The first-order chi connectivity index (χ1) is 19.4. The van der Waals surface area contributed by atoms with Crippen LogP contribution in [0, 0.1) is 5.82 Å². The topological polar surface area (TPSA) is 100 Å². The molecule has 3 amide bonds. The van der Waals surface area contributed by atoms with Crippen LogP contribution in [0.3, 0.4) is 0 Å².